The number of carbonyl (C=O) groups excluding carboxylic acids is 2. The molecule has 2 aliphatic rings. The maximum atomic E-state index is 12.5. The highest BCUT2D eigenvalue weighted by atomic mass is 16.5. The second-order valence-electron chi connectivity index (χ2n) is 5.98. The number of Topliss-reactive ketones (excluding diaryl/α,β-unsaturated/α-hetero) is 1. The zero-order valence-electron chi connectivity index (χ0n) is 13.4. The molecule has 124 valence electrons. The van der Waals surface area contributed by atoms with E-state index in [1.54, 1.807) is 26.0 Å². The van der Waals surface area contributed by atoms with Crippen molar-refractivity contribution in [1.82, 2.24) is 4.90 Å². The highest BCUT2D eigenvalue weighted by Crippen LogP contribution is 2.39. The Bertz CT molecular complexity index is 654. The molecule has 1 aromatic rings. The summed E-state index contributed by atoms with van der Waals surface area (Å²) in [6.07, 6.45) is 1.97. The molecule has 0 bridgehead atoms. The number of aliphatic hydroxyl groups excluding tert-OH is 1. The summed E-state index contributed by atoms with van der Waals surface area (Å²) < 4.78 is 11.3. The summed E-state index contributed by atoms with van der Waals surface area (Å²) in [5.41, 5.74) is 0.129. The molecule has 1 fully saturated rings. The van der Waals surface area contributed by atoms with Crippen molar-refractivity contribution in [2.45, 2.75) is 45.3 Å². The Morgan fingerprint density at radius 1 is 1.43 bits per heavy atom. The van der Waals surface area contributed by atoms with Crippen LogP contribution in [0.5, 0.6) is 0 Å². The number of furan rings is 1. The van der Waals surface area contributed by atoms with Crippen molar-refractivity contribution in [3.05, 3.63) is 35.0 Å². The number of ketones is 1. The third kappa shape index (κ3) is 2.79. The third-order valence-corrected chi connectivity index (χ3v) is 4.38. The predicted molar refractivity (Wildman–Crippen MR) is 81.8 cm³/mol. The quantitative estimate of drug-likeness (QED) is 0.901. The molecule has 0 radical (unpaired) electrons. The monoisotopic (exact) mass is 319 g/mol. The number of hydrogen-bond acceptors (Lipinski definition) is 5. The minimum absolute atomic E-state index is 0.0682. The minimum Gasteiger partial charge on any atom is -0.503 e. The second-order valence-corrected chi connectivity index (χ2v) is 5.98. The largest absolute Gasteiger partial charge is 0.503 e. The normalized spacial score (nSPS) is 24.8. The van der Waals surface area contributed by atoms with Crippen molar-refractivity contribution < 1.29 is 23.8 Å². The van der Waals surface area contributed by atoms with Gasteiger partial charge >= 0.3 is 0 Å². The van der Waals surface area contributed by atoms with Crippen LogP contribution in [0.15, 0.2) is 27.9 Å². The Morgan fingerprint density at radius 2 is 2.22 bits per heavy atom. The summed E-state index contributed by atoms with van der Waals surface area (Å²) in [7, 11) is 0. The van der Waals surface area contributed by atoms with Gasteiger partial charge in [-0.25, -0.2) is 0 Å². The van der Waals surface area contributed by atoms with Crippen LogP contribution >= 0.6 is 0 Å². The van der Waals surface area contributed by atoms with Gasteiger partial charge in [0.05, 0.1) is 11.7 Å². The smallest absolute Gasteiger partial charge is 0.290 e. The molecule has 6 heteroatoms. The van der Waals surface area contributed by atoms with Gasteiger partial charge in [0.15, 0.2) is 11.5 Å². The molecule has 1 amide bonds. The first-order valence-corrected chi connectivity index (χ1v) is 7.98. The van der Waals surface area contributed by atoms with Crippen molar-refractivity contribution in [3.8, 4) is 0 Å². The summed E-state index contributed by atoms with van der Waals surface area (Å²) >= 11 is 0. The number of aryl methyl sites for hydroxylation is 1. The van der Waals surface area contributed by atoms with E-state index in [1.165, 1.54) is 4.90 Å². The molecule has 1 saturated heterocycles. The zero-order chi connectivity index (χ0) is 16.6. The molecular weight excluding hydrogens is 298 g/mol. The van der Waals surface area contributed by atoms with Crippen LogP contribution in [0.25, 0.3) is 0 Å². The minimum atomic E-state index is -0.673. The molecule has 2 atom stereocenters. The fourth-order valence-electron chi connectivity index (χ4n) is 3.22. The van der Waals surface area contributed by atoms with Gasteiger partial charge in [-0.2, -0.15) is 0 Å². The molecule has 6 nitrogen and oxygen atoms in total. The number of carbonyl (C=O) groups is 2. The molecule has 1 N–H and O–H groups in total. The summed E-state index contributed by atoms with van der Waals surface area (Å²) in [6, 6.07) is 2.86. The predicted octanol–water partition coefficient (Wildman–Crippen LogP) is 2.44. The molecule has 0 aliphatic carbocycles. The van der Waals surface area contributed by atoms with E-state index in [1.807, 2.05) is 0 Å². The first-order valence-electron chi connectivity index (χ1n) is 7.98. The lowest BCUT2D eigenvalue weighted by Gasteiger charge is -2.27. The fourth-order valence-corrected chi connectivity index (χ4v) is 3.22. The molecule has 0 spiro atoms. The van der Waals surface area contributed by atoms with E-state index in [0.717, 1.165) is 12.8 Å². The molecule has 23 heavy (non-hydrogen) atoms. The summed E-state index contributed by atoms with van der Waals surface area (Å²) in [5.74, 6) is -0.0519. The maximum absolute atomic E-state index is 12.5. The summed E-state index contributed by atoms with van der Waals surface area (Å²) in [6.45, 7) is 4.53. The SMILES string of the molecule is CCC(=O)C1=C(O)C(=O)N(CC2CCCO2)C1c1ccc(C)o1. The highest BCUT2D eigenvalue weighted by molar-refractivity contribution is 6.08. The van der Waals surface area contributed by atoms with Gasteiger partial charge in [-0.1, -0.05) is 6.92 Å². The first-order chi connectivity index (χ1) is 11.0. The number of amides is 1. The van der Waals surface area contributed by atoms with E-state index in [4.69, 9.17) is 9.15 Å². The van der Waals surface area contributed by atoms with Crippen molar-refractivity contribution in [1.29, 1.82) is 0 Å². The Balaban J connectivity index is 1.97. The van der Waals surface area contributed by atoms with E-state index in [0.29, 0.717) is 24.7 Å². The highest BCUT2D eigenvalue weighted by Gasteiger charge is 2.45. The van der Waals surface area contributed by atoms with Crippen LogP contribution < -0.4 is 0 Å². The summed E-state index contributed by atoms with van der Waals surface area (Å²) in [4.78, 5) is 26.2. The van der Waals surface area contributed by atoms with Gasteiger partial charge in [0, 0.05) is 19.6 Å². The first kappa shape index (κ1) is 15.8. The number of rotatable bonds is 5. The van der Waals surface area contributed by atoms with Gasteiger partial charge in [-0.15, -0.1) is 0 Å². The molecular formula is C17H21NO5. The van der Waals surface area contributed by atoms with Gasteiger partial charge in [-0.3, -0.25) is 9.59 Å². The Kier molecular flexibility index (Phi) is 4.26. The van der Waals surface area contributed by atoms with Crippen LogP contribution in [0, 0.1) is 6.92 Å². The number of hydrogen-bond donors (Lipinski definition) is 1. The van der Waals surface area contributed by atoms with Crippen molar-refractivity contribution >= 4 is 11.7 Å². The lowest BCUT2D eigenvalue weighted by atomic mass is 9.99. The topological polar surface area (TPSA) is 80.0 Å². The van der Waals surface area contributed by atoms with Gasteiger partial charge < -0.3 is 19.2 Å². The number of nitrogens with zero attached hydrogens (tertiary/aromatic N) is 1. The Labute approximate surface area is 134 Å². The standard InChI is InChI=1S/C17H21NO5/c1-3-12(19)14-15(13-7-6-10(2)23-13)18(17(21)16(14)20)9-11-5-4-8-22-11/h6-7,11,15,20H,3-5,8-9H2,1-2H3. The van der Waals surface area contributed by atoms with E-state index in [-0.39, 0.29) is 23.9 Å². The molecule has 3 rings (SSSR count). The third-order valence-electron chi connectivity index (χ3n) is 4.38. The average Bonchev–Trinajstić information content (AvgIpc) is 3.24. The van der Waals surface area contributed by atoms with E-state index < -0.39 is 17.7 Å². The molecule has 0 saturated carbocycles. The van der Waals surface area contributed by atoms with Crippen LogP contribution in [0.4, 0.5) is 0 Å². The fraction of sp³-hybridized carbons (Fsp3) is 0.529. The average molecular weight is 319 g/mol. The number of aliphatic hydroxyl groups is 1. The van der Waals surface area contributed by atoms with Gasteiger partial charge in [0.25, 0.3) is 5.91 Å². The van der Waals surface area contributed by atoms with Crippen molar-refractivity contribution in [2.24, 2.45) is 0 Å². The molecule has 2 unspecified atom stereocenters. The zero-order valence-corrected chi connectivity index (χ0v) is 13.4. The molecule has 1 aromatic heterocycles. The molecule has 0 aromatic carbocycles. The van der Waals surface area contributed by atoms with E-state index in [2.05, 4.69) is 0 Å². The lowest BCUT2D eigenvalue weighted by Crippen LogP contribution is -2.37. The van der Waals surface area contributed by atoms with E-state index >= 15 is 0 Å². The second kappa shape index (κ2) is 6.20. The van der Waals surface area contributed by atoms with Gasteiger partial charge in [0.2, 0.25) is 0 Å². The van der Waals surface area contributed by atoms with Gasteiger partial charge in [-0.05, 0) is 31.9 Å². The van der Waals surface area contributed by atoms with Crippen LogP contribution in [-0.4, -0.2) is 41.0 Å². The maximum Gasteiger partial charge on any atom is 0.290 e. The number of ether oxygens (including phenoxy) is 1. The van der Waals surface area contributed by atoms with Crippen LogP contribution in [0.3, 0.4) is 0 Å². The lowest BCUT2D eigenvalue weighted by molar-refractivity contribution is -0.131. The Morgan fingerprint density at radius 3 is 2.78 bits per heavy atom. The molecule has 2 aliphatic heterocycles. The summed E-state index contributed by atoms with van der Waals surface area (Å²) in [5, 5.41) is 10.2. The van der Waals surface area contributed by atoms with E-state index in [9.17, 15) is 14.7 Å². The van der Waals surface area contributed by atoms with Crippen molar-refractivity contribution in [2.75, 3.05) is 13.2 Å². The van der Waals surface area contributed by atoms with Crippen LogP contribution in [0.2, 0.25) is 0 Å². The van der Waals surface area contributed by atoms with Crippen LogP contribution in [-0.2, 0) is 14.3 Å². The van der Waals surface area contributed by atoms with Crippen molar-refractivity contribution in [3.63, 3.8) is 0 Å². The van der Waals surface area contributed by atoms with Gasteiger partial charge in [0.1, 0.15) is 17.6 Å². The molecule has 3 heterocycles. The van der Waals surface area contributed by atoms with Crippen LogP contribution in [0.1, 0.15) is 43.7 Å². The Hall–Kier alpha value is -2.08.